The Hall–Kier alpha value is -0.850. The Balaban J connectivity index is 0.00000242. The SMILES string of the molecule is CN=C(NCCc1ccc(F)cc1)N1CC(C)CC(C)C1.I. The lowest BCUT2D eigenvalue weighted by Gasteiger charge is -2.37. The maximum absolute atomic E-state index is 12.9. The van der Waals surface area contributed by atoms with Crippen LogP contribution in [0.25, 0.3) is 0 Å². The monoisotopic (exact) mass is 419 g/mol. The number of benzene rings is 1. The zero-order chi connectivity index (χ0) is 15.2. The minimum Gasteiger partial charge on any atom is -0.356 e. The normalized spacial score (nSPS) is 22.2. The molecule has 2 rings (SSSR count). The van der Waals surface area contributed by atoms with Gasteiger partial charge >= 0.3 is 0 Å². The number of guanidine groups is 1. The first-order valence-corrected chi connectivity index (χ1v) is 7.78. The van der Waals surface area contributed by atoms with Gasteiger partial charge in [0.25, 0.3) is 0 Å². The number of nitrogens with zero attached hydrogens (tertiary/aromatic N) is 2. The third-order valence-corrected chi connectivity index (χ3v) is 3.99. The molecule has 0 bridgehead atoms. The number of hydrogen-bond acceptors (Lipinski definition) is 1. The van der Waals surface area contributed by atoms with Crippen LogP contribution in [-0.2, 0) is 6.42 Å². The standard InChI is InChI=1S/C17H26FN3.HI/c1-13-10-14(2)12-21(11-13)17(19-3)20-9-8-15-4-6-16(18)7-5-15;/h4-7,13-14H,8-12H2,1-3H3,(H,19,20);1H. The van der Waals surface area contributed by atoms with Crippen LogP contribution >= 0.6 is 24.0 Å². The summed E-state index contributed by atoms with van der Waals surface area (Å²) in [6, 6.07) is 6.70. The third-order valence-electron chi connectivity index (χ3n) is 3.99. The fourth-order valence-electron chi connectivity index (χ4n) is 3.14. The van der Waals surface area contributed by atoms with E-state index in [1.807, 2.05) is 19.2 Å². The molecule has 0 saturated carbocycles. The predicted octanol–water partition coefficient (Wildman–Crippen LogP) is 3.54. The summed E-state index contributed by atoms with van der Waals surface area (Å²) in [6.07, 6.45) is 2.17. The fraction of sp³-hybridized carbons (Fsp3) is 0.588. The Labute approximate surface area is 150 Å². The molecule has 1 aliphatic heterocycles. The summed E-state index contributed by atoms with van der Waals surface area (Å²) in [5, 5.41) is 3.43. The second kappa shape index (κ2) is 9.33. The second-order valence-electron chi connectivity index (χ2n) is 6.20. The van der Waals surface area contributed by atoms with Crippen molar-refractivity contribution in [2.75, 3.05) is 26.7 Å². The lowest BCUT2D eigenvalue weighted by atomic mass is 9.92. The smallest absolute Gasteiger partial charge is 0.193 e. The van der Waals surface area contributed by atoms with Crippen LogP contribution in [0.1, 0.15) is 25.8 Å². The van der Waals surface area contributed by atoms with Gasteiger partial charge in [0.2, 0.25) is 0 Å². The van der Waals surface area contributed by atoms with Crippen molar-refractivity contribution in [2.24, 2.45) is 16.8 Å². The Morgan fingerprint density at radius 1 is 1.23 bits per heavy atom. The van der Waals surface area contributed by atoms with Crippen LogP contribution in [0.2, 0.25) is 0 Å². The highest BCUT2D eigenvalue weighted by atomic mass is 127. The number of aliphatic imine (C=N–C) groups is 1. The average Bonchev–Trinajstić information content (AvgIpc) is 2.44. The van der Waals surface area contributed by atoms with Crippen LogP contribution < -0.4 is 5.32 Å². The van der Waals surface area contributed by atoms with E-state index >= 15 is 0 Å². The molecule has 0 amide bonds. The Bertz CT molecular complexity index is 465. The molecule has 1 aromatic carbocycles. The van der Waals surface area contributed by atoms with Gasteiger partial charge < -0.3 is 10.2 Å². The largest absolute Gasteiger partial charge is 0.356 e. The quantitative estimate of drug-likeness (QED) is 0.461. The molecule has 1 fully saturated rings. The summed E-state index contributed by atoms with van der Waals surface area (Å²) < 4.78 is 12.9. The van der Waals surface area contributed by atoms with E-state index in [0.717, 1.165) is 37.6 Å². The zero-order valence-corrected chi connectivity index (χ0v) is 16.0. The predicted molar refractivity (Wildman–Crippen MR) is 101 cm³/mol. The van der Waals surface area contributed by atoms with Gasteiger partial charge in [-0.1, -0.05) is 26.0 Å². The molecule has 3 nitrogen and oxygen atoms in total. The molecule has 0 aliphatic carbocycles. The lowest BCUT2D eigenvalue weighted by molar-refractivity contribution is 0.208. The molecule has 1 aromatic rings. The van der Waals surface area contributed by atoms with Crippen LogP contribution in [0.15, 0.2) is 29.3 Å². The van der Waals surface area contributed by atoms with E-state index in [1.54, 1.807) is 0 Å². The number of likely N-dealkylation sites (tertiary alicyclic amines) is 1. The second-order valence-corrected chi connectivity index (χ2v) is 6.20. The van der Waals surface area contributed by atoms with Crippen molar-refractivity contribution in [3.63, 3.8) is 0 Å². The molecule has 1 saturated heterocycles. The number of halogens is 2. The first-order chi connectivity index (χ1) is 10.1. The molecule has 0 spiro atoms. The van der Waals surface area contributed by atoms with Crippen LogP contribution in [0.3, 0.4) is 0 Å². The molecular weight excluding hydrogens is 392 g/mol. The molecule has 2 unspecified atom stereocenters. The van der Waals surface area contributed by atoms with Crippen LogP contribution in [0.5, 0.6) is 0 Å². The van der Waals surface area contributed by atoms with Crippen molar-refractivity contribution in [3.8, 4) is 0 Å². The summed E-state index contributed by atoms with van der Waals surface area (Å²) in [6.45, 7) is 7.56. The van der Waals surface area contributed by atoms with Crippen molar-refractivity contribution in [2.45, 2.75) is 26.7 Å². The molecule has 1 heterocycles. The van der Waals surface area contributed by atoms with Gasteiger partial charge in [-0.2, -0.15) is 0 Å². The van der Waals surface area contributed by atoms with E-state index in [-0.39, 0.29) is 29.8 Å². The summed E-state index contributed by atoms with van der Waals surface area (Å²) in [5.41, 5.74) is 1.14. The average molecular weight is 419 g/mol. The van der Waals surface area contributed by atoms with Crippen molar-refractivity contribution in [1.82, 2.24) is 10.2 Å². The number of nitrogens with one attached hydrogen (secondary N) is 1. The van der Waals surface area contributed by atoms with Gasteiger partial charge in [-0.3, -0.25) is 4.99 Å². The van der Waals surface area contributed by atoms with Gasteiger partial charge in [-0.05, 0) is 42.4 Å². The van der Waals surface area contributed by atoms with Crippen LogP contribution in [-0.4, -0.2) is 37.5 Å². The minimum absolute atomic E-state index is 0. The Morgan fingerprint density at radius 2 is 1.82 bits per heavy atom. The topological polar surface area (TPSA) is 27.6 Å². The number of piperidine rings is 1. The van der Waals surface area contributed by atoms with Gasteiger partial charge in [-0.25, -0.2) is 4.39 Å². The Kier molecular flexibility index (Phi) is 8.14. The van der Waals surface area contributed by atoms with Crippen molar-refractivity contribution in [3.05, 3.63) is 35.6 Å². The summed E-state index contributed by atoms with van der Waals surface area (Å²) in [5.74, 6) is 2.23. The molecule has 0 radical (unpaired) electrons. The molecule has 0 aromatic heterocycles. The highest BCUT2D eigenvalue weighted by Crippen LogP contribution is 2.20. The summed E-state index contributed by atoms with van der Waals surface area (Å²) in [4.78, 5) is 6.75. The van der Waals surface area contributed by atoms with E-state index in [1.165, 1.54) is 18.6 Å². The van der Waals surface area contributed by atoms with E-state index in [9.17, 15) is 4.39 Å². The van der Waals surface area contributed by atoms with Gasteiger partial charge in [0, 0.05) is 26.7 Å². The van der Waals surface area contributed by atoms with Crippen molar-refractivity contribution >= 4 is 29.9 Å². The number of hydrogen-bond donors (Lipinski definition) is 1. The summed E-state index contributed by atoms with van der Waals surface area (Å²) in [7, 11) is 1.84. The van der Waals surface area contributed by atoms with Crippen LogP contribution in [0.4, 0.5) is 4.39 Å². The molecule has 1 aliphatic rings. The van der Waals surface area contributed by atoms with E-state index in [4.69, 9.17) is 0 Å². The molecule has 5 heteroatoms. The van der Waals surface area contributed by atoms with Gasteiger partial charge in [0.1, 0.15) is 5.82 Å². The molecule has 2 atom stereocenters. The first-order valence-electron chi connectivity index (χ1n) is 7.78. The highest BCUT2D eigenvalue weighted by Gasteiger charge is 2.23. The number of rotatable bonds is 3. The van der Waals surface area contributed by atoms with Gasteiger partial charge in [-0.15, -0.1) is 24.0 Å². The summed E-state index contributed by atoms with van der Waals surface area (Å²) >= 11 is 0. The third kappa shape index (κ3) is 5.74. The van der Waals surface area contributed by atoms with Gasteiger partial charge in [0.05, 0.1) is 0 Å². The molecule has 124 valence electrons. The highest BCUT2D eigenvalue weighted by molar-refractivity contribution is 14.0. The maximum atomic E-state index is 12.9. The van der Waals surface area contributed by atoms with E-state index in [2.05, 4.69) is 29.1 Å². The zero-order valence-electron chi connectivity index (χ0n) is 13.7. The van der Waals surface area contributed by atoms with Crippen molar-refractivity contribution in [1.29, 1.82) is 0 Å². The van der Waals surface area contributed by atoms with Crippen molar-refractivity contribution < 1.29 is 4.39 Å². The Morgan fingerprint density at radius 3 is 2.36 bits per heavy atom. The maximum Gasteiger partial charge on any atom is 0.193 e. The van der Waals surface area contributed by atoms with E-state index in [0.29, 0.717) is 11.8 Å². The first kappa shape index (κ1) is 19.2. The van der Waals surface area contributed by atoms with E-state index < -0.39 is 0 Å². The molecule has 22 heavy (non-hydrogen) atoms. The van der Waals surface area contributed by atoms with Crippen LogP contribution in [0, 0.1) is 17.7 Å². The fourth-order valence-corrected chi connectivity index (χ4v) is 3.14. The lowest BCUT2D eigenvalue weighted by Crippen LogP contribution is -2.48. The minimum atomic E-state index is -0.182. The molecule has 1 N–H and O–H groups in total. The molecular formula is C17H27FIN3. The van der Waals surface area contributed by atoms with Gasteiger partial charge in [0.15, 0.2) is 5.96 Å².